The third kappa shape index (κ3) is 3.67. The highest BCUT2D eigenvalue weighted by atomic mass is 31.2. The Labute approximate surface area is 84.3 Å². The molecule has 1 rings (SSSR count). The molecular weight excluding hydrogens is 207 g/mol. The second kappa shape index (κ2) is 4.73. The van der Waals surface area contributed by atoms with Gasteiger partial charge in [0, 0.05) is 0 Å². The van der Waals surface area contributed by atoms with Crippen LogP contribution in [0, 0.1) is 0 Å². The fraction of sp³-hybridized carbons (Fsp3) is 1.00. The van der Waals surface area contributed by atoms with Crippen LogP contribution in [0.15, 0.2) is 0 Å². The van der Waals surface area contributed by atoms with Gasteiger partial charge in [-0.15, -0.1) is 0 Å². The number of rotatable bonds is 7. The van der Waals surface area contributed by atoms with Crippen molar-refractivity contribution in [2.75, 3.05) is 26.4 Å². The summed E-state index contributed by atoms with van der Waals surface area (Å²) in [6, 6.07) is 0. The molecule has 0 aromatic rings. The van der Waals surface area contributed by atoms with Crippen LogP contribution in [0.1, 0.15) is 20.8 Å². The fourth-order valence-electron chi connectivity index (χ4n) is 0.850. The molecule has 0 aliphatic carbocycles. The third-order valence-corrected chi connectivity index (χ3v) is 3.33. The van der Waals surface area contributed by atoms with Gasteiger partial charge in [0.05, 0.1) is 26.4 Å². The first-order chi connectivity index (χ1) is 6.54. The SMILES string of the molecule is CCOP(=O)(OCC)OCC1(C)CO1. The molecule has 0 N–H and O–H groups in total. The fourth-order valence-corrected chi connectivity index (χ4v) is 2.14. The summed E-state index contributed by atoms with van der Waals surface area (Å²) >= 11 is 0. The van der Waals surface area contributed by atoms with Gasteiger partial charge in [0.15, 0.2) is 0 Å². The van der Waals surface area contributed by atoms with Crippen LogP contribution in [0.3, 0.4) is 0 Å². The Morgan fingerprint density at radius 1 is 1.29 bits per heavy atom. The predicted molar refractivity (Wildman–Crippen MR) is 51.2 cm³/mol. The van der Waals surface area contributed by atoms with Crippen molar-refractivity contribution in [1.29, 1.82) is 0 Å². The van der Waals surface area contributed by atoms with Gasteiger partial charge in [0.25, 0.3) is 0 Å². The monoisotopic (exact) mass is 224 g/mol. The van der Waals surface area contributed by atoms with Crippen LogP contribution in [-0.2, 0) is 22.9 Å². The molecule has 5 nitrogen and oxygen atoms in total. The molecule has 1 atom stereocenters. The van der Waals surface area contributed by atoms with Gasteiger partial charge in [-0.05, 0) is 20.8 Å². The zero-order chi connectivity index (χ0) is 10.7. The molecule has 6 heteroatoms. The van der Waals surface area contributed by atoms with Crippen LogP contribution in [0.5, 0.6) is 0 Å². The maximum atomic E-state index is 11.8. The van der Waals surface area contributed by atoms with Gasteiger partial charge >= 0.3 is 7.82 Å². The van der Waals surface area contributed by atoms with Crippen molar-refractivity contribution in [2.45, 2.75) is 26.4 Å². The van der Waals surface area contributed by atoms with Crippen molar-refractivity contribution < 1.29 is 22.9 Å². The second-order valence-electron chi connectivity index (χ2n) is 3.29. The van der Waals surface area contributed by atoms with E-state index in [0.717, 1.165) is 0 Å². The number of hydrogen-bond donors (Lipinski definition) is 0. The van der Waals surface area contributed by atoms with E-state index in [1.165, 1.54) is 0 Å². The van der Waals surface area contributed by atoms with Gasteiger partial charge in [-0.3, -0.25) is 13.6 Å². The minimum atomic E-state index is -3.36. The summed E-state index contributed by atoms with van der Waals surface area (Å²) in [4.78, 5) is 0. The lowest BCUT2D eigenvalue weighted by Crippen LogP contribution is -2.14. The first kappa shape index (κ1) is 12.1. The lowest BCUT2D eigenvalue weighted by molar-refractivity contribution is 0.0989. The molecule has 0 saturated carbocycles. The summed E-state index contributed by atoms with van der Waals surface area (Å²) in [5, 5.41) is 0. The van der Waals surface area contributed by atoms with Crippen molar-refractivity contribution in [2.24, 2.45) is 0 Å². The van der Waals surface area contributed by atoms with Crippen LogP contribution in [0.4, 0.5) is 0 Å². The standard InChI is InChI=1S/C8H17O5P/c1-4-11-14(9,12-5-2)13-7-8(3)6-10-8/h4-7H2,1-3H3. The Hall–Kier alpha value is 0.0700. The Morgan fingerprint density at radius 3 is 2.14 bits per heavy atom. The molecule has 0 bridgehead atoms. The molecule has 1 saturated heterocycles. The van der Waals surface area contributed by atoms with Crippen molar-refractivity contribution in [3.63, 3.8) is 0 Å². The maximum absolute atomic E-state index is 11.8. The first-order valence-electron chi connectivity index (χ1n) is 4.71. The Balaban J connectivity index is 2.37. The number of phosphoric ester groups is 1. The molecule has 0 amide bonds. The highest BCUT2D eigenvalue weighted by molar-refractivity contribution is 7.48. The maximum Gasteiger partial charge on any atom is 0.474 e. The molecule has 1 heterocycles. The Kier molecular flexibility index (Phi) is 4.10. The normalized spacial score (nSPS) is 26.5. The van der Waals surface area contributed by atoms with Crippen molar-refractivity contribution in [1.82, 2.24) is 0 Å². The van der Waals surface area contributed by atoms with Gasteiger partial charge in [0.1, 0.15) is 5.60 Å². The van der Waals surface area contributed by atoms with Gasteiger partial charge in [-0.25, -0.2) is 4.57 Å². The molecule has 84 valence electrons. The molecular formula is C8H17O5P. The lowest BCUT2D eigenvalue weighted by atomic mass is 10.2. The van der Waals surface area contributed by atoms with Gasteiger partial charge in [0.2, 0.25) is 0 Å². The molecule has 14 heavy (non-hydrogen) atoms. The molecule has 0 aromatic heterocycles. The summed E-state index contributed by atoms with van der Waals surface area (Å²) < 4.78 is 31.9. The summed E-state index contributed by atoms with van der Waals surface area (Å²) in [5.74, 6) is 0. The number of phosphoric acid groups is 1. The van der Waals surface area contributed by atoms with E-state index in [1.807, 2.05) is 6.92 Å². The van der Waals surface area contributed by atoms with Crippen LogP contribution < -0.4 is 0 Å². The summed E-state index contributed by atoms with van der Waals surface area (Å²) in [6.07, 6.45) is 0. The largest absolute Gasteiger partial charge is 0.474 e. The minimum Gasteiger partial charge on any atom is -0.367 e. The second-order valence-corrected chi connectivity index (χ2v) is 4.96. The van der Waals surface area contributed by atoms with Gasteiger partial charge in [-0.2, -0.15) is 0 Å². The van der Waals surface area contributed by atoms with E-state index in [-0.39, 0.29) is 12.2 Å². The van der Waals surface area contributed by atoms with Gasteiger partial charge in [-0.1, -0.05) is 0 Å². The molecule has 1 aliphatic heterocycles. The summed E-state index contributed by atoms with van der Waals surface area (Å²) in [7, 11) is -3.36. The Morgan fingerprint density at radius 2 is 1.79 bits per heavy atom. The van der Waals surface area contributed by atoms with E-state index in [2.05, 4.69) is 0 Å². The van der Waals surface area contributed by atoms with Crippen molar-refractivity contribution >= 4 is 7.82 Å². The molecule has 0 radical (unpaired) electrons. The van der Waals surface area contributed by atoms with Crippen LogP contribution in [0.2, 0.25) is 0 Å². The highest BCUT2D eigenvalue weighted by Gasteiger charge is 2.42. The average Bonchev–Trinajstić information content (AvgIpc) is 2.83. The molecule has 1 fully saturated rings. The van der Waals surface area contributed by atoms with E-state index >= 15 is 0 Å². The Bertz CT molecular complexity index is 216. The highest BCUT2D eigenvalue weighted by Crippen LogP contribution is 2.50. The molecule has 0 spiro atoms. The number of epoxide rings is 1. The number of hydrogen-bond acceptors (Lipinski definition) is 5. The first-order valence-corrected chi connectivity index (χ1v) is 6.17. The predicted octanol–water partition coefficient (Wildman–Crippen LogP) is 1.97. The van der Waals surface area contributed by atoms with Crippen LogP contribution in [0.25, 0.3) is 0 Å². The topological polar surface area (TPSA) is 57.3 Å². The van der Waals surface area contributed by atoms with Crippen molar-refractivity contribution in [3.8, 4) is 0 Å². The lowest BCUT2D eigenvalue weighted by Gasteiger charge is -2.17. The zero-order valence-electron chi connectivity index (χ0n) is 8.82. The van der Waals surface area contributed by atoms with E-state index < -0.39 is 7.82 Å². The van der Waals surface area contributed by atoms with Crippen LogP contribution >= 0.6 is 7.82 Å². The third-order valence-electron chi connectivity index (χ3n) is 1.74. The molecule has 1 aliphatic rings. The van der Waals surface area contributed by atoms with E-state index in [4.69, 9.17) is 18.3 Å². The quantitative estimate of drug-likeness (QED) is 0.488. The van der Waals surface area contributed by atoms with E-state index in [1.54, 1.807) is 13.8 Å². The average molecular weight is 224 g/mol. The molecule has 0 aromatic carbocycles. The summed E-state index contributed by atoms with van der Waals surface area (Å²) in [5.41, 5.74) is -0.302. The van der Waals surface area contributed by atoms with Crippen LogP contribution in [-0.4, -0.2) is 32.0 Å². The van der Waals surface area contributed by atoms with Crippen molar-refractivity contribution in [3.05, 3.63) is 0 Å². The molecule has 1 unspecified atom stereocenters. The summed E-state index contributed by atoms with van der Waals surface area (Å²) in [6.45, 7) is 6.84. The number of ether oxygens (including phenoxy) is 1. The van der Waals surface area contributed by atoms with E-state index in [9.17, 15) is 4.57 Å². The minimum absolute atomic E-state index is 0.240. The van der Waals surface area contributed by atoms with E-state index in [0.29, 0.717) is 19.8 Å². The van der Waals surface area contributed by atoms with Gasteiger partial charge < -0.3 is 4.74 Å². The zero-order valence-corrected chi connectivity index (χ0v) is 9.71. The smallest absolute Gasteiger partial charge is 0.367 e.